The lowest BCUT2D eigenvalue weighted by atomic mass is 9.89. The first-order valence-corrected chi connectivity index (χ1v) is 10.0. The average Bonchev–Trinajstić information content (AvgIpc) is 2.79. The second kappa shape index (κ2) is 8.76. The molecule has 1 heterocycles. The van der Waals surface area contributed by atoms with Gasteiger partial charge in [0.15, 0.2) is 11.5 Å². The maximum absolute atomic E-state index is 13.5. The number of halogens is 1. The van der Waals surface area contributed by atoms with E-state index >= 15 is 0 Å². The zero-order valence-corrected chi connectivity index (χ0v) is 17.5. The quantitative estimate of drug-likeness (QED) is 0.628. The van der Waals surface area contributed by atoms with Gasteiger partial charge in [-0.05, 0) is 65.9 Å². The van der Waals surface area contributed by atoms with Gasteiger partial charge in [-0.25, -0.2) is 4.39 Å². The molecule has 30 heavy (non-hydrogen) atoms. The van der Waals surface area contributed by atoms with Crippen molar-refractivity contribution in [2.45, 2.75) is 18.9 Å². The maximum Gasteiger partial charge on any atom is 0.161 e. The van der Waals surface area contributed by atoms with Crippen LogP contribution in [0.5, 0.6) is 17.2 Å². The van der Waals surface area contributed by atoms with Crippen LogP contribution in [-0.2, 0) is 12.8 Å². The molecule has 0 aliphatic carbocycles. The van der Waals surface area contributed by atoms with E-state index in [1.54, 1.807) is 27.4 Å². The molecule has 1 atom stereocenters. The van der Waals surface area contributed by atoms with E-state index in [-0.39, 0.29) is 11.9 Å². The SMILES string of the molecule is COc1cc2c(cc1OC)C(Cc1ccc(-c3ccc(F)cc3OC)cc1)NCC2. The van der Waals surface area contributed by atoms with Crippen molar-refractivity contribution in [2.75, 3.05) is 27.9 Å². The minimum absolute atomic E-state index is 0.208. The van der Waals surface area contributed by atoms with E-state index in [1.807, 2.05) is 0 Å². The molecule has 3 aromatic rings. The van der Waals surface area contributed by atoms with Gasteiger partial charge in [0.1, 0.15) is 11.6 Å². The second-order valence-corrected chi connectivity index (χ2v) is 7.41. The summed E-state index contributed by atoms with van der Waals surface area (Å²) in [4.78, 5) is 0. The molecule has 0 fully saturated rings. The van der Waals surface area contributed by atoms with E-state index in [0.717, 1.165) is 42.0 Å². The molecule has 3 aromatic carbocycles. The van der Waals surface area contributed by atoms with E-state index in [4.69, 9.17) is 14.2 Å². The van der Waals surface area contributed by atoms with Crippen LogP contribution in [0.1, 0.15) is 22.7 Å². The Morgan fingerprint density at radius 2 is 1.57 bits per heavy atom. The molecule has 5 heteroatoms. The lowest BCUT2D eigenvalue weighted by molar-refractivity contribution is 0.352. The predicted octanol–water partition coefficient (Wildman–Crippen LogP) is 4.95. The third-order valence-electron chi connectivity index (χ3n) is 5.67. The molecular formula is C25H26FNO3. The summed E-state index contributed by atoms with van der Waals surface area (Å²) < 4.78 is 29.8. The third kappa shape index (κ3) is 3.98. The normalized spacial score (nSPS) is 15.4. The first-order chi connectivity index (χ1) is 14.6. The topological polar surface area (TPSA) is 39.7 Å². The van der Waals surface area contributed by atoms with Gasteiger partial charge in [-0.3, -0.25) is 0 Å². The number of rotatable bonds is 6. The van der Waals surface area contributed by atoms with Crippen LogP contribution in [0.4, 0.5) is 4.39 Å². The molecule has 1 aliphatic rings. The molecule has 0 amide bonds. The lowest BCUT2D eigenvalue weighted by Gasteiger charge is -2.28. The number of hydrogen-bond donors (Lipinski definition) is 1. The van der Waals surface area contributed by atoms with Gasteiger partial charge in [-0.2, -0.15) is 0 Å². The fourth-order valence-corrected chi connectivity index (χ4v) is 4.11. The van der Waals surface area contributed by atoms with Gasteiger partial charge in [-0.15, -0.1) is 0 Å². The summed E-state index contributed by atoms with van der Waals surface area (Å²) in [6.07, 6.45) is 1.83. The summed E-state index contributed by atoms with van der Waals surface area (Å²) in [6.45, 7) is 0.929. The summed E-state index contributed by atoms with van der Waals surface area (Å²) in [6, 6.07) is 17.4. The predicted molar refractivity (Wildman–Crippen MR) is 116 cm³/mol. The molecule has 0 bridgehead atoms. The van der Waals surface area contributed by atoms with Gasteiger partial charge in [0.05, 0.1) is 21.3 Å². The summed E-state index contributed by atoms with van der Waals surface area (Å²) in [5.41, 5.74) is 5.65. The minimum Gasteiger partial charge on any atom is -0.496 e. The molecule has 4 nitrogen and oxygen atoms in total. The summed E-state index contributed by atoms with van der Waals surface area (Å²) >= 11 is 0. The second-order valence-electron chi connectivity index (χ2n) is 7.41. The highest BCUT2D eigenvalue weighted by Crippen LogP contribution is 2.36. The Bertz CT molecular complexity index is 1030. The zero-order chi connectivity index (χ0) is 21.1. The number of fused-ring (bicyclic) bond motifs is 1. The molecule has 0 saturated heterocycles. The van der Waals surface area contributed by atoms with E-state index < -0.39 is 0 Å². The molecule has 1 aliphatic heterocycles. The number of benzene rings is 3. The molecule has 0 spiro atoms. The van der Waals surface area contributed by atoms with E-state index in [0.29, 0.717) is 5.75 Å². The third-order valence-corrected chi connectivity index (χ3v) is 5.67. The Kier molecular flexibility index (Phi) is 5.91. The Labute approximate surface area is 176 Å². The van der Waals surface area contributed by atoms with Crippen LogP contribution in [-0.4, -0.2) is 27.9 Å². The molecule has 156 valence electrons. The molecule has 0 saturated carbocycles. The highest BCUT2D eigenvalue weighted by molar-refractivity contribution is 5.70. The maximum atomic E-state index is 13.5. The minimum atomic E-state index is -0.304. The summed E-state index contributed by atoms with van der Waals surface area (Å²) in [5, 5.41) is 3.63. The van der Waals surface area contributed by atoms with E-state index in [9.17, 15) is 4.39 Å². The Balaban J connectivity index is 1.58. The van der Waals surface area contributed by atoms with E-state index in [2.05, 4.69) is 41.7 Å². The van der Waals surface area contributed by atoms with Crippen LogP contribution >= 0.6 is 0 Å². The monoisotopic (exact) mass is 407 g/mol. The number of hydrogen-bond acceptors (Lipinski definition) is 4. The van der Waals surface area contributed by atoms with Gasteiger partial charge >= 0.3 is 0 Å². The number of methoxy groups -OCH3 is 3. The first kappa shape index (κ1) is 20.2. The summed E-state index contributed by atoms with van der Waals surface area (Å²) in [5.74, 6) is 1.76. The van der Waals surface area contributed by atoms with Gasteiger partial charge in [0, 0.05) is 17.7 Å². The van der Waals surface area contributed by atoms with Crippen molar-refractivity contribution in [3.63, 3.8) is 0 Å². The standard InChI is InChI=1S/C25H26FNO3/c1-28-23-14-19(26)8-9-20(23)17-6-4-16(5-7-17)12-22-21-15-25(30-3)24(29-2)13-18(21)10-11-27-22/h4-9,13-15,22,27H,10-12H2,1-3H3. The smallest absolute Gasteiger partial charge is 0.161 e. The fraction of sp³-hybridized carbons (Fsp3) is 0.280. The molecule has 0 radical (unpaired) electrons. The van der Waals surface area contributed by atoms with Crippen molar-refractivity contribution < 1.29 is 18.6 Å². The van der Waals surface area contributed by atoms with Crippen molar-refractivity contribution in [2.24, 2.45) is 0 Å². The van der Waals surface area contributed by atoms with Crippen LogP contribution < -0.4 is 19.5 Å². The highest BCUT2D eigenvalue weighted by Gasteiger charge is 2.23. The zero-order valence-electron chi connectivity index (χ0n) is 17.5. The van der Waals surface area contributed by atoms with Gasteiger partial charge < -0.3 is 19.5 Å². The van der Waals surface area contributed by atoms with Crippen molar-refractivity contribution >= 4 is 0 Å². The van der Waals surface area contributed by atoms with Crippen LogP contribution in [0.15, 0.2) is 54.6 Å². The van der Waals surface area contributed by atoms with Gasteiger partial charge in [0.2, 0.25) is 0 Å². The van der Waals surface area contributed by atoms with Crippen molar-refractivity contribution in [1.82, 2.24) is 5.32 Å². The van der Waals surface area contributed by atoms with Crippen molar-refractivity contribution in [1.29, 1.82) is 0 Å². The lowest BCUT2D eigenvalue weighted by Crippen LogP contribution is -2.31. The number of ether oxygens (including phenoxy) is 3. The Hall–Kier alpha value is -3.05. The first-order valence-electron chi connectivity index (χ1n) is 10.0. The Morgan fingerprint density at radius 1 is 0.867 bits per heavy atom. The van der Waals surface area contributed by atoms with Gasteiger partial charge in [-0.1, -0.05) is 24.3 Å². The average molecular weight is 407 g/mol. The fourth-order valence-electron chi connectivity index (χ4n) is 4.11. The molecule has 1 N–H and O–H groups in total. The van der Waals surface area contributed by atoms with Crippen LogP contribution in [0, 0.1) is 5.82 Å². The molecule has 1 unspecified atom stereocenters. The number of nitrogens with one attached hydrogen (secondary N) is 1. The van der Waals surface area contributed by atoms with Crippen LogP contribution in [0.3, 0.4) is 0 Å². The van der Waals surface area contributed by atoms with Crippen molar-refractivity contribution in [3.8, 4) is 28.4 Å². The summed E-state index contributed by atoms with van der Waals surface area (Å²) in [7, 11) is 4.89. The van der Waals surface area contributed by atoms with Crippen molar-refractivity contribution in [3.05, 3.63) is 77.1 Å². The molecular weight excluding hydrogens is 381 g/mol. The van der Waals surface area contributed by atoms with Gasteiger partial charge in [0.25, 0.3) is 0 Å². The largest absolute Gasteiger partial charge is 0.496 e. The highest BCUT2D eigenvalue weighted by atomic mass is 19.1. The Morgan fingerprint density at radius 3 is 2.27 bits per heavy atom. The molecule has 4 rings (SSSR count). The van der Waals surface area contributed by atoms with Crippen LogP contribution in [0.25, 0.3) is 11.1 Å². The van der Waals surface area contributed by atoms with E-state index in [1.165, 1.54) is 28.8 Å². The van der Waals surface area contributed by atoms with Crippen LogP contribution in [0.2, 0.25) is 0 Å². The molecule has 0 aromatic heterocycles.